The minimum atomic E-state index is 0.0740. The zero-order chi connectivity index (χ0) is 11.8. The Bertz CT molecular complexity index is 481. The quantitative estimate of drug-likeness (QED) is 0.734. The maximum Gasteiger partial charge on any atom is 0.0991 e. The van der Waals surface area contributed by atoms with Gasteiger partial charge in [0.1, 0.15) is 0 Å². The maximum atomic E-state index is 6.30. The highest BCUT2D eigenvalue weighted by Gasteiger charge is 2.17. The number of halogens is 1. The largest absolute Gasteiger partial charge is 0.306 e. The van der Waals surface area contributed by atoms with Gasteiger partial charge in [0, 0.05) is 23.1 Å². The molecule has 0 spiro atoms. The van der Waals surface area contributed by atoms with Crippen LogP contribution >= 0.6 is 11.6 Å². The SMILES string of the molecule is CC(C)(C)c1ccc(-n2ccnc2)cc1Cl. The van der Waals surface area contributed by atoms with Gasteiger partial charge in [-0.05, 0) is 23.1 Å². The highest BCUT2D eigenvalue weighted by molar-refractivity contribution is 6.31. The molecule has 0 aliphatic rings. The lowest BCUT2D eigenvalue weighted by molar-refractivity contribution is 0.590. The fourth-order valence-electron chi connectivity index (χ4n) is 1.68. The van der Waals surface area contributed by atoms with E-state index in [9.17, 15) is 0 Å². The molecule has 0 radical (unpaired) electrons. The molecule has 1 aromatic heterocycles. The summed E-state index contributed by atoms with van der Waals surface area (Å²) in [5.41, 5.74) is 2.28. The Hall–Kier alpha value is -1.28. The molecule has 0 saturated carbocycles. The molecule has 0 aliphatic heterocycles. The molecule has 0 fully saturated rings. The lowest BCUT2D eigenvalue weighted by atomic mass is 9.87. The van der Waals surface area contributed by atoms with Gasteiger partial charge >= 0.3 is 0 Å². The number of aromatic nitrogens is 2. The van der Waals surface area contributed by atoms with E-state index in [0.29, 0.717) is 0 Å². The van der Waals surface area contributed by atoms with Gasteiger partial charge in [-0.2, -0.15) is 0 Å². The maximum absolute atomic E-state index is 6.30. The molecular weight excluding hydrogens is 220 g/mol. The summed E-state index contributed by atoms with van der Waals surface area (Å²) in [6.45, 7) is 6.47. The van der Waals surface area contributed by atoms with E-state index < -0.39 is 0 Å². The average molecular weight is 235 g/mol. The molecule has 2 nitrogen and oxygen atoms in total. The molecule has 16 heavy (non-hydrogen) atoms. The first-order valence-corrected chi connectivity index (χ1v) is 5.64. The van der Waals surface area contributed by atoms with Gasteiger partial charge in [0.15, 0.2) is 0 Å². The number of nitrogens with zero attached hydrogens (tertiary/aromatic N) is 2. The van der Waals surface area contributed by atoms with Crippen molar-refractivity contribution >= 4 is 11.6 Å². The lowest BCUT2D eigenvalue weighted by Gasteiger charge is -2.21. The molecule has 0 saturated heterocycles. The number of rotatable bonds is 1. The Morgan fingerprint density at radius 1 is 1.25 bits per heavy atom. The van der Waals surface area contributed by atoms with Crippen molar-refractivity contribution in [2.24, 2.45) is 0 Å². The molecule has 2 rings (SSSR count). The van der Waals surface area contributed by atoms with Crippen LogP contribution in [-0.2, 0) is 5.41 Å². The second kappa shape index (κ2) is 3.95. The lowest BCUT2D eigenvalue weighted by Crippen LogP contribution is -2.11. The fraction of sp³-hybridized carbons (Fsp3) is 0.308. The first-order chi connectivity index (χ1) is 7.48. The molecule has 0 aliphatic carbocycles. The average Bonchev–Trinajstić information content (AvgIpc) is 2.68. The number of benzene rings is 1. The van der Waals surface area contributed by atoms with Crippen LogP contribution in [0, 0.1) is 0 Å². The summed E-state index contributed by atoms with van der Waals surface area (Å²) < 4.78 is 1.94. The van der Waals surface area contributed by atoms with E-state index in [-0.39, 0.29) is 5.41 Å². The second-order valence-electron chi connectivity index (χ2n) is 4.88. The minimum Gasteiger partial charge on any atom is -0.306 e. The van der Waals surface area contributed by atoms with Crippen LogP contribution in [0.2, 0.25) is 5.02 Å². The molecule has 84 valence electrons. The zero-order valence-corrected chi connectivity index (χ0v) is 10.5. The van der Waals surface area contributed by atoms with E-state index in [2.05, 4.69) is 37.9 Å². The third-order valence-corrected chi connectivity index (χ3v) is 2.88. The predicted molar refractivity (Wildman–Crippen MR) is 67.3 cm³/mol. The summed E-state index contributed by atoms with van der Waals surface area (Å²) in [4.78, 5) is 4.02. The number of imidazole rings is 1. The van der Waals surface area contributed by atoms with Crippen LogP contribution in [0.3, 0.4) is 0 Å². The van der Waals surface area contributed by atoms with E-state index >= 15 is 0 Å². The van der Waals surface area contributed by atoms with Gasteiger partial charge in [-0.15, -0.1) is 0 Å². The van der Waals surface area contributed by atoms with Crippen LogP contribution in [-0.4, -0.2) is 9.55 Å². The van der Waals surface area contributed by atoms with Crippen LogP contribution in [0.1, 0.15) is 26.3 Å². The molecule has 1 heterocycles. The van der Waals surface area contributed by atoms with Gasteiger partial charge in [0.05, 0.1) is 6.33 Å². The monoisotopic (exact) mass is 234 g/mol. The first-order valence-electron chi connectivity index (χ1n) is 5.27. The van der Waals surface area contributed by atoms with Gasteiger partial charge < -0.3 is 4.57 Å². The molecule has 0 unspecified atom stereocenters. The highest BCUT2D eigenvalue weighted by atomic mass is 35.5. The molecule has 0 amide bonds. The van der Waals surface area contributed by atoms with E-state index in [0.717, 1.165) is 16.3 Å². The minimum absolute atomic E-state index is 0.0740. The van der Waals surface area contributed by atoms with Crippen LogP contribution in [0.15, 0.2) is 36.9 Å². The molecule has 3 heteroatoms. The normalized spacial score (nSPS) is 11.8. The number of hydrogen-bond acceptors (Lipinski definition) is 1. The zero-order valence-electron chi connectivity index (χ0n) is 9.74. The first kappa shape index (κ1) is 11.2. The standard InChI is InChI=1S/C13H15ClN2/c1-13(2,3)11-5-4-10(8-12(11)14)16-7-6-15-9-16/h4-9H,1-3H3. The summed E-state index contributed by atoms with van der Waals surface area (Å²) in [5.74, 6) is 0. The predicted octanol–water partition coefficient (Wildman–Crippen LogP) is 3.82. The Kier molecular flexibility index (Phi) is 2.76. The van der Waals surface area contributed by atoms with Crippen molar-refractivity contribution in [1.82, 2.24) is 9.55 Å². The van der Waals surface area contributed by atoms with E-state index in [4.69, 9.17) is 11.6 Å². The molecule has 2 aromatic rings. The summed E-state index contributed by atoms with van der Waals surface area (Å²) in [5, 5.41) is 0.804. The van der Waals surface area contributed by atoms with Crippen molar-refractivity contribution in [3.63, 3.8) is 0 Å². The van der Waals surface area contributed by atoms with Gasteiger partial charge in [-0.3, -0.25) is 0 Å². The fourth-order valence-corrected chi connectivity index (χ4v) is 2.14. The smallest absolute Gasteiger partial charge is 0.0991 e. The van der Waals surface area contributed by atoms with Crippen LogP contribution in [0.5, 0.6) is 0 Å². The molecule has 0 N–H and O–H groups in total. The van der Waals surface area contributed by atoms with E-state index in [1.807, 2.05) is 16.8 Å². The van der Waals surface area contributed by atoms with E-state index in [1.165, 1.54) is 0 Å². The second-order valence-corrected chi connectivity index (χ2v) is 5.29. The van der Waals surface area contributed by atoms with Gasteiger partial charge in [0.25, 0.3) is 0 Å². The van der Waals surface area contributed by atoms with Crippen molar-refractivity contribution in [2.75, 3.05) is 0 Å². The molecule has 0 bridgehead atoms. The third-order valence-electron chi connectivity index (χ3n) is 2.56. The molecular formula is C13H15ClN2. The van der Waals surface area contributed by atoms with Crippen LogP contribution in [0.4, 0.5) is 0 Å². The van der Waals surface area contributed by atoms with Gasteiger partial charge in [-0.1, -0.05) is 38.4 Å². The topological polar surface area (TPSA) is 17.8 Å². The van der Waals surface area contributed by atoms with Crippen LogP contribution in [0.25, 0.3) is 5.69 Å². The van der Waals surface area contributed by atoms with Crippen molar-refractivity contribution < 1.29 is 0 Å². The Labute approximate surface area is 101 Å². The molecule has 1 aromatic carbocycles. The van der Waals surface area contributed by atoms with E-state index in [1.54, 1.807) is 12.5 Å². The van der Waals surface area contributed by atoms with Crippen molar-refractivity contribution in [3.8, 4) is 5.69 Å². The Morgan fingerprint density at radius 2 is 2.00 bits per heavy atom. The summed E-state index contributed by atoms with van der Waals surface area (Å²) >= 11 is 6.30. The van der Waals surface area contributed by atoms with Crippen LogP contribution < -0.4 is 0 Å². The summed E-state index contributed by atoms with van der Waals surface area (Å²) in [6.07, 6.45) is 5.43. The Balaban J connectivity index is 2.45. The van der Waals surface area contributed by atoms with Crippen molar-refractivity contribution in [1.29, 1.82) is 0 Å². The number of hydrogen-bond donors (Lipinski definition) is 0. The van der Waals surface area contributed by atoms with Gasteiger partial charge in [-0.25, -0.2) is 4.98 Å². The summed E-state index contributed by atoms with van der Waals surface area (Å²) in [7, 11) is 0. The molecule has 0 atom stereocenters. The highest BCUT2D eigenvalue weighted by Crippen LogP contribution is 2.30. The third kappa shape index (κ3) is 2.12. The van der Waals surface area contributed by atoms with Crippen molar-refractivity contribution in [3.05, 3.63) is 47.5 Å². The van der Waals surface area contributed by atoms with Gasteiger partial charge in [0.2, 0.25) is 0 Å². The Morgan fingerprint density at radius 3 is 2.50 bits per heavy atom. The summed E-state index contributed by atoms with van der Waals surface area (Å²) in [6, 6.07) is 6.12. The van der Waals surface area contributed by atoms with Crippen molar-refractivity contribution in [2.45, 2.75) is 26.2 Å².